The quantitative estimate of drug-likeness (QED) is 0.466. The van der Waals surface area contributed by atoms with E-state index in [2.05, 4.69) is 0 Å². The van der Waals surface area contributed by atoms with Gasteiger partial charge < -0.3 is 19.8 Å². The number of aliphatic hydroxyl groups is 1. The van der Waals surface area contributed by atoms with Gasteiger partial charge in [0.2, 0.25) is 0 Å². The Hall–Kier alpha value is -3.45. The number of hydrogen-bond acceptors (Lipinski definition) is 5. The fourth-order valence-corrected chi connectivity index (χ4v) is 4.43. The minimum absolute atomic E-state index is 0.163. The number of amides is 2. The van der Waals surface area contributed by atoms with Crippen LogP contribution in [0.4, 0.5) is 5.69 Å². The Kier molecular flexibility index (Phi) is 4.94. The predicted octanol–water partition coefficient (Wildman–Crippen LogP) is 2.11. The topological polar surface area (TPSA) is 81.2 Å². The highest BCUT2D eigenvalue weighted by molar-refractivity contribution is 6.50. The minimum atomic E-state index is -1.69. The highest BCUT2D eigenvalue weighted by atomic mass is 16.3. The molecule has 1 saturated heterocycles. The second-order valence-electron chi connectivity index (χ2n) is 8.27. The number of carbonyl (C=O) groups excluding carboxylic acids is 3. The number of benzene rings is 2. The molecule has 2 heterocycles. The van der Waals surface area contributed by atoms with Gasteiger partial charge in [0.25, 0.3) is 17.6 Å². The summed E-state index contributed by atoms with van der Waals surface area (Å²) in [6.45, 7) is 2.53. The molecule has 1 unspecified atom stereocenters. The van der Waals surface area contributed by atoms with Gasteiger partial charge in [-0.1, -0.05) is 48.0 Å². The van der Waals surface area contributed by atoms with Gasteiger partial charge in [0.1, 0.15) is 5.76 Å². The number of aryl methyl sites for hydroxylation is 1. The van der Waals surface area contributed by atoms with Crippen LogP contribution in [0, 0.1) is 6.92 Å². The van der Waals surface area contributed by atoms with E-state index in [1.165, 1.54) is 9.80 Å². The third kappa shape index (κ3) is 2.88. The number of hydrogen-bond donors (Lipinski definition) is 1. The zero-order valence-electron chi connectivity index (χ0n) is 18.0. The fraction of sp³-hybridized carbons (Fsp3) is 0.292. The maximum absolute atomic E-state index is 13.8. The van der Waals surface area contributed by atoms with Crippen molar-refractivity contribution < 1.29 is 19.5 Å². The van der Waals surface area contributed by atoms with E-state index >= 15 is 0 Å². The zero-order chi connectivity index (χ0) is 22.5. The summed E-state index contributed by atoms with van der Waals surface area (Å²) in [6, 6.07) is 14.1. The molecule has 1 fully saturated rings. The van der Waals surface area contributed by atoms with Gasteiger partial charge in [-0.25, -0.2) is 0 Å². The average molecular weight is 419 g/mol. The molecule has 31 heavy (non-hydrogen) atoms. The molecule has 2 aliphatic rings. The standard InChI is InChI=1S/C24H25N3O4/c1-15-9-11-16(12-10-15)20(28)19-21(29)22(30)27(14-13-25(2)3)24(19)17-7-5-6-8-18(17)26(4)23(24)31/h5-12,28H,13-14H2,1-4H3/b20-19+. The molecule has 0 aromatic heterocycles. The van der Waals surface area contributed by atoms with Crippen LogP contribution in [0.5, 0.6) is 0 Å². The highest BCUT2D eigenvalue weighted by Gasteiger charge is 2.66. The van der Waals surface area contributed by atoms with E-state index in [-0.39, 0.29) is 17.9 Å². The largest absolute Gasteiger partial charge is 0.507 e. The fourth-order valence-electron chi connectivity index (χ4n) is 4.43. The summed E-state index contributed by atoms with van der Waals surface area (Å²) in [7, 11) is 5.33. The molecule has 0 saturated carbocycles. The predicted molar refractivity (Wildman–Crippen MR) is 118 cm³/mol. The van der Waals surface area contributed by atoms with Gasteiger partial charge >= 0.3 is 0 Å². The second-order valence-corrected chi connectivity index (χ2v) is 8.27. The molecule has 1 N–H and O–H groups in total. The van der Waals surface area contributed by atoms with E-state index < -0.39 is 23.1 Å². The number of fused-ring (bicyclic) bond motifs is 2. The summed E-state index contributed by atoms with van der Waals surface area (Å²) in [5.74, 6) is -2.41. The van der Waals surface area contributed by atoms with Crippen molar-refractivity contribution in [2.75, 3.05) is 39.1 Å². The smallest absolute Gasteiger partial charge is 0.296 e. The van der Waals surface area contributed by atoms with E-state index in [4.69, 9.17) is 0 Å². The summed E-state index contributed by atoms with van der Waals surface area (Å²) < 4.78 is 0. The third-order valence-electron chi connectivity index (χ3n) is 6.04. The van der Waals surface area contributed by atoms with Crippen LogP contribution in [0.3, 0.4) is 0 Å². The summed E-state index contributed by atoms with van der Waals surface area (Å²) in [6.07, 6.45) is 0. The monoisotopic (exact) mass is 419 g/mol. The maximum atomic E-state index is 13.8. The molecule has 7 heteroatoms. The number of Topliss-reactive ketones (excluding diaryl/α,β-unsaturated/α-hetero) is 1. The van der Waals surface area contributed by atoms with Crippen molar-refractivity contribution in [2.45, 2.75) is 12.5 Å². The number of ketones is 1. The molecular formula is C24H25N3O4. The summed E-state index contributed by atoms with van der Waals surface area (Å²) >= 11 is 0. The van der Waals surface area contributed by atoms with Crippen LogP contribution in [0.1, 0.15) is 16.7 Å². The molecule has 1 atom stereocenters. The van der Waals surface area contributed by atoms with Crippen molar-refractivity contribution in [1.82, 2.24) is 9.80 Å². The highest BCUT2D eigenvalue weighted by Crippen LogP contribution is 2.53. The Balaban J connectivity index is 2.04. The van der Waals surface area contributed by atoms with Gasteiger partial charge in [-0.3, -0.25) is 14.4 Å². The number of likely N-dealkylation sites (N-methyl/N-ethyl adjacent to an activating group) is 2. The summed E-state index contributed by atoms with van der Waals surface area (Å²) in [5, 5.41) is 11.2. The molecule has 7 nitrogen and oxygen atoms in total. The first-order valence-electron chi connectivity index (χ1n) is 10.1. The lowest BCUT2D eigenvalue weighted by atomic mass is 9.82. The molecule has 2 aliphatic heterocycles. The van der Waals surface area contributed by atoms with Crippen molar-refractivity contribution in [3.63, 3.8) is 0 Å². The Bertz CT molecular complexity index is 1120. The maximum Gasteiger partial charge on any atom is 0.296 e. The minimum Gasteiger partial charge on any atom is -0.507 e. The van der Waals surface area contributed by atoms with E-state index in [0.717, 1.165) is 5.56 Å². The normalized spacial score (nSPS) is 22.2. The van der Waals surface area contributed by atoms with E-state index in [9.17, 15) is 19.5 Å². The lowest BCUT2D eigenvalue weighted by Gasteiger charge is -2.34. The number of anilines is 1. The molecule has 2 aromatic rings. The second kappa shape index (κ2) is 7.35. The average Bonchev–Trinajstić information content (AvgIpc) is 3.11. The zero-order valence-corrected chi connectivity index (χ0v) is 18.0. The molecule has 2 aromatic carbocycles. The van der Waals surface area contributed by atoms with Crippen molar-refractivity contribution >= 4 is 29.0 Å². The Labute approximate surface area is 181 Å². The number of likely N-dealkylation sites (tertiary alicyclic amines) is 1. The van der Waals surface area contributed by atoms with Crippen molar-refractivity contribution in [2.24, 2.45) is 0 Å². The van der Waals surface area contributed by atoms with E-state index in [1.54, 1.807) is 55.6 Å². The lowest BCUT2D eigenvalue weighted by Crippen LogP contribution is -2.52. The van der Waals surface area contributed by atoms with Crippen LogP contribution in [0.2, 0.25) is 0 Å². The molecule has 1 spiro atoms. The van der Waals surface area contributed by atoms with Gasteiger partial charge in [-0.05, 0) is 27.1 Å². The SMILES string of the molecule is Cc1ccc(/C(O)=C2/C(=O)C(=O)N(CCN(C)C)C23C(=O)N(C)c2ccccc23)cc1. The molecule has 4 rings (SSSR count). The Morgan fingerprint density at radius 3 is 2.32 bits per heavy atom. The van der Waals surface area contributed by atoms with Gasteiger partial charge in [0, 0.05) is 37.0 Å². The molecule has 0 aliphatic carbocycles. The number of rotatable bonds is 4. The van der Waals surface area contributed by atoms with E-state index in [0.29, 0.717) is 23.4 Å². The lowest BCUT2D eigenvalue weighted by molar-refractivity contribution is -0.143. The number of nitrogens with zero attached hydrogens (tertiary/aromatic N) is 3. The first kappa shape index (κ1) is 20.8. The molecule has 160 valence electrons. The van der Waals surface area contributed by atoms with Crippen LogP contribution in [0.15, 0.2) is 54.1 Å². The molecule has 0 radical (unpaired) electrons. The molecular weight excluding hydrogens is 394 g/mol. The van der Waals surface area contributed by atoms with Gasteiger partial charge in [0.15, 0.2) is 5.54 Å². The number of aliphatic hydroxyl groups excluding tert-OH is 1. The number of carbonyl (C=O) groups is 3. The first-order chi connectivity index (χ1) is 14.7. The Morgan fingerprint density at radius 2 is 1.68 bits per heavy atom. The van der Waals surface area contributed by atoms with Crippen LogP contribution in [0.25, 0.3) is 5.76 Å². The van der Waals surface area contributed by atoms with Gasteiger partial charge in [-0.15, -0.1) is 0 Å². The van der Waals surface area contributed by atoms with Crippen LogP contribution in [-0.4, -0.2) is 66.7 Å². The summed E-state index contributed by atoms with van der Waals surface area (Å²) in [4.78, 5) is 44.9. The van der Waals surface area contributed by atoms with E-state index in [1.807, 2.05) is 25.9 Å². The van der Waals surface area contributed by atoms with Crippen molar-refractivity contribution in [3.8, 4) is 0 Å². The van der Waals surface area contributed by atoms with Gasteiger partial charge in [0.05, 0.1) is 5.57 Å². The number of para-hydroxylation sites is 1. The van der Waals surface area contributed by atoms with Crippen molar-refractivity contribution in [3.05, 3.63) is 70.8 Å². The van der Waals surface area contributed by atoms with Crippen LogP contribution in [-0.2, 0) is 19.9 Å². The first-order valence-corrected chi connectivity index (χ1v) is 10.1. The van der Waals surface area contributed by atoms with Crippen LogP contribution >= 0.6 is 0 Å². The summed E-state index contributed by atoms with van der Waals surface area (Å²) in [5.41, 5.74) is 0.634. The van der Waals surface area contributed by atoms with Crippen LogP contribution < -0.4 is 4.90 Å². The van der Waals surface area contributed by atoms with Gasteiger partial charge in [-0.2, -0.15) is 0 Å². The molecule has 2 amide bonds. The third-order valence-corrected chi connectivity index (χ3v) is 6.04. The van der Waals surface area contributed by atoms with Crippen molar-refractivity contribution in [1.29, 1.82) is 0 Å². The Morgan fingerprint density at radius 1 is 1.03 bits per heavy atom. The molecule has 0 bridgehead atoms.